The van der Waals surface area contributed by atoms with Gasteiger partial charge in [-0.2, -0.15) is 0 Å². The lowest BCUT2D eigenvalue weighted by Crippen LogP contribution is -2.44. The molecule has 0 radical (unpaired) electrons. The highest BCUT2D eigenvalue weighted by atomic mass is 16.3. The Labute approximate surface area is 132 Å². The van der Waals surface area contributed by atoms with Crippen molar-refractivity contribution in [3.05, 3.63) is 65.2 Å². The Morgan fingerprint density at radius 3 is 2.36 bits per heavy atom. The molecule has 0 fully saturated rings. The summed E-state index contributed by atoms with van der Waals surface area (Å²) in [6.07, 6.45) is 0.907. The molecule has 1 N–H and O–H groups in total. The first-order valence-corrected chi connectivity index (χ1v) is 7.80. The molecule has 1 heterocycles. The number of nitrogens with zero attached hydrogens (tertiary/aromatic N) is 2. The number of hydrogen-bond acceptors (Lipinski definition) is 3. The molecule has 0 unspecified atom stereocenters. The largest absolute Gasteiger partial charge is 0.395 e. The summed E-state index contributed by atoms with van der Waals surface area (Å²) in [4.78, 5) is 4.47. The standard InChI is InChI=1S/C19H24N2O/c1-20(2)18-11-7-6-10-17(18)19-16-9-5-4-8-14(16)12-15(13-22)21(19)3/h4-11,15,19,22H,12-13H2,1-3H3/t15-,19-/m0/s1. The molecule has 3 rings (SSSR count). The molecule has 2 atom stereocenters. The average Bonchev–Trinajstić information content (AvgIpc) is 2.54. The van der Waals surface area contributed by atoms with Crippen molar-refractivity contribution in [1.29, 1.82) is 0 Å². The number of hydrogen-bond donors (Lipinski definition) is 1. The first kappa shape index (κ1) is 15.1. The molecule has 0 spiro atoms. The number of likely N-dealkylation sites (N-methyl/N-ethyl adjacent to an activating group) is 1. The van der Waals surface area contributed by atoms with E-state index in [4.69, 9.17) is 0 Å². The summed E-state index contributed by atoms with van der Waals surface area (Å²) >= 11 is 0. The van der Waals surface area contributed by atoms with Gasteiger partial charge >= 0.3 is 0 Å². The van der Waals surface area contributed by atoms with Crippen LogP contribution in [0, 0.1) is 0 Å². The van der Waals surface area contributed by atoms with Gasteiger partial charge in [0.2, 0.25) is 0 Å². The normalized spacial score (nSPS) is 21.5. The third-order valence-electron chi connectivity index (χ3n) is 4.71. The minimum atomic E-state index is 0.162. The van der Waals surface area contributed by atoms with Crippen LogP contribution < -0.4 is 4.90 Å². The van der Waals surface area contributed by atoms with Crippen LogP contribution in [0.15, 0.2) is 48.5 Å². The number of para-hydroxylation sites is 1. The highest BCUT2D eigenvalue weighted by Crippen LogP contribution is 2.39. The summed E-state index contributed by atoms with van der Waals surface area (Å²) in [6, 6.07) is 17.5. The van der Waals surface area contributed by atoms with Gasteiger partial charge in [0.05, 0.1) is 12.6 Å². The summed E-state index contributed by atoms with van der Waals surface area (Å²) < 4.78 is 0. The van der Waals surface area contributed by atoms with Crippen LogP contribution in [0.2, 0.25) is 0 Å². The van der Waals surface area contributed by atoms with Crippen LogP contribution >= 0.6 is 0 Å². The number of benzene rings is 2. The van der Waals surface area contributed by atoms with Gasteiger partial charge in [0.15, 0.2) is 0 Å². The van der Waals surface area contributed by atoms with E-state index >= 15 is 0 Å². The highest BCUT2D eigenvalue weighted by Gasteiger charge is 2.33. The smallest absolute Gasteiger partial charge is 0.0625 e. The van der Waals surface area contributed by atoms with E-state index in [1.165, 1.54) is 22.4 Å². The molecule has 116 valence electrons. The molecule has 0 aromatic heterocycles. The number of anilines is 1. The molecule has 0 aliphatic carbocycles. The van der Waals surface area contributed by atoms with E-state index in [1.807, 2.05) is 0 Å². The lowest BCUT2D eigenvalue weighted by molar-refractivity contribution is 0.112. The number of aliphatic hydroxyl groups is 1. The lowest BCUT2D eigenvalue weighted by atomic mass is 9.84. The van der Waals surface area contributed by atoms with E-state index in [1.54, 1.807) is 0 Å². The number of fused-ring (bicyclic) bond motifs is 1. The monoisotopic (exact) mass is 296 g/mol. The molecule has 0 saturated carbocycles. The van der Waals surface area contributed by atoms with Crippen LogP contribution in [-0.4, -0.2) is 43.8 Å². The molecule has 2 aromatic carbocycles. The predicted octanol–water partition coefficient (Wildman–Crippen LogP) is 2.69. The molecule has 3 nitrogen and oxygen atoms in total. The fourth-order valence-corrected chi connectivity index (χ4v) is 3.52. The SMILES string of the molecule is CN(C)c1ccccc1[C@@H]1c2ccccc2C[C@@H](CO)N1C. The quantitative estimate of drug-likeness (QED) is 0.943. The first-order valence-electron chi connectivity index (χ1n) is 7.80. The van der Waals surface area contributed by atoms with Crippen molar-refractivity contribution in [2.75, 3.05) is 32.6 Å². The second kappa shape index (κ2) is 6.11. The maximum atomic E-state index is 9.78. The Morgan fingerprint density at radius 1 is 1.05 bits per heavy atom. The van der Waals surface area contributed by atoms with Gasteiger partial charge in [-0.3, -0.25) is 4.90 Å². The van der Waals surface area contributed by atoms with Crippen LogP contribution in [-0.2, 0) is 6.42 Å². The average molecular weight is 296 g/mol. The van der Waals surface area contributed by atoms with Crippen molar-refractivity contribution >= 4 is 5.69 Å². The predicted molar refractivity (Wildman–Crippen MR) is 91.4 cm³/mol. The summed E-state index contributed by atoms with van der Waals surface area (Å²) in [5.41, 5.74) is 5.22. The molecule has 1 aliphatic heterocycles. The zero-order valence-corrected chi connectivity index (χ0v) is 13.5. The van der Waals surface area contributed by atoms with Crippen LogP contribution in [0.1, 0.15) is 22.7 Å². The minimum absolute atomic E-state index is 0.162. The van der Waals surface area contributed by atoms with Gasteiger partial charge in [0, 0.05) is 25.8 Å². The Morgan fingerprint density at radius 2 is 1.68 bits per heavy atom. The number of aliphatic hydroxyl groups excluding tert-OH is 1. The van der Waals surface area contributed by atoms with E-state index in [2.05, 4.69) is 79.5 Å². The van der Waals surface area contributed by atoms with E-state index in [0.717, 1.165) is 6.42 Å². The first-order chi connectivity index (χ1) is 10.6. The molecular weight excluding hydrogens is 272 g/mol. The fraction of sp³-hybridized carbons (Fsp3) is 0.368. The fourth-order valence-electron chi connectivity index (χ4n) is 3.52. The topological polar surface area (TPSA) is 26.7 Å². The molecule has 2 aromatic rings. The molecule has 1 aliphatic rings. The third kappa shape index (κ3) is 2.51. The van der Waals surface area contributed by atoms with Gasteiger partial charge in [-0.15, -0.1) is 0 Å². The van der Waals surface area contributed by atoms with E-state index in [-0.39, 0.29) is 18.7 Å². The minimum Gasteiger partial charge on any atom is -0.395 e. The third-order valence-corrected chi connectivity index (χ3v) is 4.71. The summed E-state index contributed by atoms with van der Waals surface area (Å²) in [6.45, 7) is 0.186. The van der Waals surface area contributed by atoms with Crippen molar-refractivity contribution in [2.24, 2.45) is 0 Å². The molecule has 0 saturated heterocycles. The van der Waals surface area contributed by atoms with Crippen molar-refractivity contribution < 1.29 is 5.11 Å². The van der Waals surface area contributed by atoms with Gasteiger partial charge in [-0.05, 0) is 36.2 Å². The van der Waals surface area contributed by atoms with Crippen molar-refractivity contribution in [2.45, 2.75) is 18.5 Å². The summed E-state index contributed by atoms with van der Waals surface area (Å²) in [5.74, 6) is 0. The van der Waals surface area contributed by atoms with Crippen molar-refractivity contribution in [1.82, 2.24) is 4.90 Å². The second-order valence-corrected chi connectivity index (χ2v) is 6.26. The zero-order chi connectivity index (χ0) is 15.7. The molecule has 22 heavy (non-hydrogen) atoms. The van der Waals surface area contributed by atoms with Crippen LogP contribution in [0.25, 0.3) is 0 Å². The Bertz CT molecular complexity index is 653. The van der Waals surface area contributed by atoms with Gasteiger partial charge in [-0.25, -0.2) is 0 Å². The lowest BCUT2D eigenvalue weighted by Gasteiger charge is -2.41. The summed E-state index contributed by atoms with van der Waals surface area (Å²) in [7, 11) is 6.28. The highest BCUT2D eigenvalue weighted by molar-refractivity contribution is 5.57. The van der Waals surface area contributed by atoms with Gasteiger partial charge in [0.25, 0.3) is 0 Å². The molecule has 3 heteroatoms. The van der Waals surface area contributed by atoms with Crippen LogP contribution in [0.4, 0.5) is 5.69 Å². The Kier molecular flexibility index (Phi) is 4.19. The van der Waals surface area contributed by atoms with E-state index in [0.29, 0.717) is 0 Å². The Hall–Kier alpha value is -1.84. The van der Waals surface area contributed by atoms with Crippen molar-refractivity contribution in [3.8, 4) is 0 Å². The van der Waals surface area contributed by atoms with E-state index < -0.39 is 0 Å². The maximum Gasteiger partial charge on any atom is 0.0625 e. The maximum absolute atomic E-state index is 9.78. The Balaban J connectivity index is 2.16. The van der Waals surface area contributed by atoms with Gasteiger partial charge in [-0.1, -0.05) is 42.5 Å². The number of rotatable bonds is 3. The second-order valence-electron chi connectivity index (χ2n) is 6.26. The van der Waals surface area contributed by atoms with Gasteiger partial charge in [0.1, 0.15) is 0 Å². The van der Waals surface area contributed by atoms with E-state index in [9.17, 15) is 5.11 Å². The van der Waals surface area contributed by atoms with Crippen molar-refractivity contribution in [3.63, 3.8) is 0 Å². The molecular formula is C19H24N2O. The van der Waals surface area contributed by atoms with Gasteiger partial charge < -0.3 is 10.0 Å². The van der Waals surface area contributed by atoms with Crippen LogP contribution in [0.5, 0.6) is 0 Å². The van der Waals surface area contributed by atoms with Crippen LogP contribution in [0.3, 0.4) is 0 Å². The molecule has 0 amide bonds. The zero-order valence-electron chi connectivity index (χ0n) is 13.5. The molecule has 0 bridgehead atoms. The summed E-state index contributed by atoms with van der Waals surface area (Å²) in [5, 5.41) is 9.78.